The first-order valence-corrected chi connectivity index (χ1v) is 24.8. The third kappa shape index (κ3) is 13.9. The fourth-order valence-corrected chi connectivity index (χ4v) is 12.1. The molecule has 0 aliphatic heterocycles. The number of nitrogens with zero attached hydrogens (tertiary/aromatic N) is 4. The third-order valence-corrected chi connectivity index (χ3v) is 15.7. The predicted molar refractivity (Wildman–Crippen MR) is 267 cm³/mol. The maximum Gasteiger partial charge on any atom is 1.00 e. The number of hydrogen-bond donors (Lipinski definition) is 1. The fraction of sp³-hybridized carbons (Fsp3) is 0.0385. The van der Waals surface area contributed by atoms with Gasteiger partial charge in [0, 0.05) is 42.7 Å². The minimum atomic E-state index is -6.09. The van der Waals surface area contributed by atoms with Crippen LogP contribution in [0.15, 0.2) is 231 Å². The zero-order valence-corrected chi connectivity index (χ0v) is 39.5. The fourth-order valence-electron chi connectivity index (χ4n) is 6.93. The van der Waals surface area contributed by atoms with Crippen LogP contribution in [0.4, 0.5) is 13.2 Å². The molecule has 15 heteroatoms. The summed E-state index contributed by atoms with van der Waals surface area (Å²) < 4.78 is 58.9. The Labute approximate surface area is 400 Å². The Morgan fingerprint density at radius 2 is 0.582 bits per heavy atom. The van der Waals surface area contributed by atoms with Gasteiger partial charge in [-0.1, -0.05) is 109 Å². The van der Waals surface area contributed by atoms with E-state index in [2.05, 4.69) is 202 Å². The van der Waals surface area contributed by atoms with E-state index in [1.807, 2.05) is 24.3 Å². The van der Waals surface area contributed by atoms with Crippen LogP contribution in [-0.2, 0) is 27.2 Å². The number of halogens is 3. The van der Waals surface area contributed by atoms with E-state index < -0.39 is 31.5 Å². The van der Waals surface area contributed by atoms with Gasteiger partial charge in [0.15, 0.2) is 10.1 Å². The molecule has 0 fully saturated rings. The van der Waals surface area contributed by atoms with E-state index in [-0.39, 0.29) is 17.1 Å². The van der Waals surface area contributed by atoms with E-state index in [9.17, 15) is 13.2 Å². The minimum absolute atomic E-state index is 0. The van der Waals surface area contributed by atoms with Crippen molar-refractivity contribution in [3.05, 3.63) is 231 Å². The SMILES string of the molecule is CO.O=S(=O)([O-])C(F)(F)F.[Cu+].c1ccc([PH+](c2ccccc2)c2ccccc2)cc1.c1ccc([PH+](c2ccccc2)c2ccccc2)cc1.c1cnc2c(c1)c1nccnc1c1cccnc12. The standard InChI is InChI=1S/2C18H15P.C14H8N4.CHF3O3S.CH4O.Cu/c2*1-4-10-16(11-5-1)19(17-12-6-2-7-13-17)18-14-8-3-9-15-18;1-3-9-11(15-5-1)12-10(4-2-6-16-12)14-13(9)17-7-8-18-14;2-1(3,4)8(5,6)7;1-2;/h2*1-15H;1-8H;(H,5,6,7);2H,1H3;/q;;;;;+1/p+1. The molecule has 3 aromatic heterocycles. The number of aliphatic hydroxyl groups excluding tert-OH is 1. The first kappa shape index (κ1) is 51.7. The van der Waals surface area contributed by atoms with Crippen molar-refractivity contribution in [2.24, 2.45) is 0 Å². The smallest absolute Gasteiger partial charge is 0.741 e. The average molecular weight is 1000 g/mol. The Kier molecular flexibility index (Phi) is 19.8. The van der Waals surface area contributed by atoms with Gasteiger partial charge in [-0.15, -0.1) is 0 Å². The molecule has 0 saturated carbocycles. The number of hydrogen-bond acceptors (Lipinski definition) is 8. The summed E-state index contributed by atoms with van der Waals surface area (Å²) in [5.41, 5.74) is -2.14. The molecule has 0 radical (unpaired) electrons. The predicted octanol–water partition coefficient (Wildman–Crippen LogP) is 8.74. The largest absolute Gasteiger partial charge is 1.00 e. The van der Waals surface area contributed by atoms with E-state index in [0.29, 0.717) is 0 Å². The number of aliphatic hydroxyl groups is 1. The normalized spacial score (nSPS) is 10.8. The van der Waals surface area contributed by atoms with Gasteiger partial charge in [-0.2, -0.15) is 13.2 Å². The number of fused-ring (bicyclic) bond motifs is 6. The molecule has 0 aliphatic carbocycles. The van der Waals surface area contributed by atoms with Gasteiger partial charge in [0.1, 0.15) is 31.8 Å². The molecule has 7 aromatic carbocycles. The summed E-state index contributed by atoms with van der Waals surface area (Å²) in [5.74, 6) is 0. The molecule has 10 aromatic rings. The number of pyridine rings is 2. The van der Waals surface area contributed by atoms with Gasteiger partial charge in [-0.05, 0) is 97.1 Å². The monoisotopic (exact) mass is 1000 g/mol. The maximum absolute atomic E-state index is 10.7. The van der Waals surface area contributed by atoms with Crippen molar-refractivity contribution >= 4 is 90.6 Å². The Morgan fingerprint density at radius 1 is 0.388 bits per heavy atom. The van der Waals surface area contributed by atoms with Crippen LogP contribution >= 0.6 is 15.8 Å². The zero-order chi connectivity index (χ0) is 46.8. The minimum Gasteiger partial charge on any atom is -0.741 e. The summed E-state index contributed by atoms with van der Waals surface area (Å²) in [6.07, 6.45) is 6.96. The van der Waals surface area contributed by atoms with Crippen LogP contribution in [0.3, 0.4) is 0 Å². The molecule has 0 bridgehead atoms. The average Bonchev–Trinajstić information content (AvgIpc) is 3.37. The molecule has 10 rings (SSSR count). The van der Waals surface area contributed by atoms with Crippen molar-refractivity contribution < 1.29 is 48.3 Å². The first-order chi connectivity index (χ1) is 32.1. The molecule has 0 amide bonds. The molecular formula is C52H44CuF3N4O4P2S+2. The summed E-state index contributed by atoms with van der Waals surface area (Å²) >= 11 is 0. The second kappa shape index (κ2) is 25.6. The molecule has 1 N–H and O–H groups in total. The zero-order valence-electron chi connectivity index (χ0n) is 35.7. The van der Waals surface area contributed by atoms with Gasteiger partial charge in [0.25, 0.3) is 0 Å². The molecule has 0 aliphatic rings. The van der Waals surface area contributed by atoms with E-state index in [1.54, 1.807) is 24.8 Å². The van der Waals surface area contributed by atoms with Crippen molar-refractivity contribution in [3.8, 4) is 0 Å². The topological polar surface area (TPSA) is 129 Å². The third-order valence-electron chi connectivity index (χ3n) is 9.71. The molecule has 0 atom stereocenters. The van der Waals surface area contributed by atoms with E-state index >= 15 is 0 Å². The van der Waals surface area contributed by atoms with Gasteiger partial charge in [-0.3, -0.25) is 19.9 Å². The van der Waals surface area contributed by atoms with Crippen LogP contribution in [0.25, 0.3) is 32.8 Å². The van der Waals surface area contributed by atoms with Crippen molar-refractivity contribution in [1.29, 1.82) is 0 Å². The van der Waals surface area contributed by atoms with Gasteiger partial charge >= 0.3 is 22.6 Å². The Morgan fingerprint density at radius 3 is 0.776 bits per heavy atom. The number of rotatable bonds is 6. The van der Waals surface area contributed by atoms with Gasteiger partial charge in [0.2, 0.25) is 0 Å². The van der Waals surface area contributed by atoms with Crippen LogP contribution in [-0.4, -0.2) is 50.6 Å². The van der Waals surface area contributed by atoms with Crippen molar-refractivity contribution in [1.82, 2.24) is 19.9 Å². The van der Waals surface area contributed by atoms with Crippen molar-refractivity contribution in [3.63, 3.8) is 0 Å². The summed E-state index contributed by atoms with van der Waals surface area (Å²) in [5, 5.41) is 17.6. The quantitative estimate of drug-likeness (QED) is 0.0576. The van der Waals surface area contributed by atoms with Crippen molar-refractivity contribution in [2.45, 2.75) is 5.51 Å². The molecule has 342 valence electrons. The van der Waals surface area contributed by atoms with Gasteiger partial charge in [0.05, 0.1) is 37.9 Å². The van der Waals surface area contributed by atoms with Crippen LogP contribution < -0.4 is 31.8 Å². The van der Waals surface area contributed by atoms with Crippen LogP contribution in [0.5, 0.6) is 0 Å². The number of alkyl halides is 3. The van der Waals surface area contributed by atoms with Gasteiger partial charge in [-0.25, -0.2) is 8.42 Å². The molecule has 3 heterocycles. The van der Waals surface area contributed by atoms with E-state index in [1.165, 1.54) is 31.8 Å². The first-order valence-electron chi connectivity index (χ1n) is 20.4. The molecule has 0 saturated heterocycles. The molecule has 67 heavy (non-hydrogen) atoms. The maximum atomic E-state index is 10.7. The molecule has 0 spiro atoms. The summed E-state index contributed by atoms with van der Waals surface area (Å²) in [4.78, 5) is 17.7. The second-order valence-electron chi connectivity index (χ2n) is 13.9. The van der Waals surface area contributed by atoms with E-state index in [4.69, 9.17) is 18.1 Å². The van der Waals surface area contributed by atoms with Crippen LogP contribution in [0.2, 0.25) is 0 Å². The Balaban J connectivity index is 0.000000170. The molecule has 8 nitrogen and oxygen atoms in total. The Hall–Kier alpha value is -6.26. The molecular weight excluding hydrogens is 959 g/mol. The summed E-state index contributed by atoms with van der Waals surface area (Å²) in [6.45, 7) is 0. The number of benzene rings is 7. The molecule has 0 unspecified atom stereocenters. The van der Waals surface area contributed by atoms with Crippen LogP contribution in [0, 0.1) is 0 Å². The Bertz CT molecular complexity index is 2610. The van der Waals surface area contributed by atoms with Crippen molar-refractivity contribution in [2.75, 3.05) is 7.11 Å². The van der Waals surface area contributed by atoms with E-state index in [0.717, 1.165) is 39.9 Å². The second-order valence-corrected chi connectivity index (χ2v) is 20.2. The van der Waals surface area contributed by atoms with Gasteiger partial charge < -0.3 is 9.66 Å². The van der Waals surface area contributed by atoms with Crippen LogP contribution in [0.1, 0.15) is 0 Å². The summed E-state index contributed by atoms with van der Waals surface area (Å²) in [6, 6.07) is 72.8. The number of aromatic nitrogens is 4. The summed E-state index contributed by atoms with van der Waals surface area (Å²) in [7, 11) is -6.84.